The summed E-state index contributed by atoms with van der Waals surface area (Å²) in [6.45, 7) is 7.82. The molecule has 0 aromatic rings. The molecule has 1 aliphatic rings. The van der Waals surface area contributed by atoms with Crippen LogP contribution in [-0.4, -0.2) is 60.4 Å². The van der Waals surface area contributed by atoms with E-state index in [9.17, 15) is 9.90 Å². The number of ether oxygens (including phenoxy) is 1. The number of hydrogen-bond donors (Lipinski definition) is 2. The largest absolute Gasteiger partial charge is 0.480 e. The fourth-order valence-electron chi connectivity index (χ4n) is 2.19. The molecule has 0 aromatic heterocycles. The minimum Gasteiger partial charge on any atom is -0.480 e. The third-order valence-electron chi connectivity index (χ3n) is 3.53. The molecular weight excluding hydrogens is 232 g/mol. The fourth-order valence-corrected chi connectivity index (χ4v) is 2.19. The van der Waals surface area contributed by atoms with Gasteiger partial charge in [-0.05, 0) is 33.2 Å². The predicted octanol–water partition coefficient (Wildman–Crippen LogP) is 0.939. The lowest BCUT2D eigenvalue weighted by atomic mass is 10.0. The third-order valence-corrected chi connectivity index (χ3v) is 3.53. The Hall–Kier alpha value is -0.650. The quantitative estimate of drug-likeness (QED) is 0.644. The maximum Gasteiger partial charge on any atom is 0.324 e. The number of likely N-dealkylation sites (N-methyl/N-ethyl adjacent to an activating group) is 1. The van der Waals surface area contributed by atoms with Crippen molar-refractivity contribution < 1.29 is 14.6 Å². The van der Waals surface area contributed by atoms with Crippen molar-refractivity contribution in [3.05, 3.63) is 0 Å². The summed E-state index contributed by atoms with van der Waals surface area (Å²) >= 11 is 0. The molecule has 18 heavy (non-hydrogen) atoms. The van der Waals surface area contributed by atoms with Gasteiger partial charge in [-0.3, -0.25) is 15.0 Å². The molecule has 0 bridgehead atoms. The Morgan fingerprint density at radius 2 is 2.22 bits per heavy atom. The van der Waals surface area contributed by atoms with E-state index >= 15 is 0 Å². The summed E-state index contributed by atoms with van der Waals surface area (Å²) in [5, 5.41) is 12.7. The molecule has 0 spiro atoms. The Labute approximate surface area is 109 Å². The molecule has 1 aliphatic carbocycles. The first-order valence-corrected chi connectivity index (χ1v) is 6.67. The van der Waals surface area contributed by atoms with Crippen LogP contribution in [0.3, 0.4) is 0 Å². The van der Waals surface area contributed by atoms with E-state index in [1.165, 1.54) is 0 Å². The van der Waals surface area contributed by atoms with Gasteiger partial charge in [-0.25, -0.2) is 0 Å². The van der Waals surface area contributed by atoms with E-state index in [0.29, 0.717) is 19.2 Å². The summed E-state index contributed by atoms with van der Waals surface area (Å²) in [6.07, 6.45) is 2.17. The number of nitrogens with one attached hydrogen (secondary N) is 1. The smallest absolute Gasteiger partial charge is 0.324 e. The second-order valence-corrected chi connectivity index (χ2v) is 5.42. The number of hydrogen-bond acceptors (Lipinski definition) is 4. The molecule has 1 saturated carbocycles. The highest BCUT2D eigenvalue weighted by molar-refractivity contribution is 5.78. The molecule has 2 unspecified atom stereocenters. The van der Waals surface area contributed by atoms with Crippen molar-refractivity contribution >= 4 is 5.97 Å². The van der Waals surface area contributed by atoms with Gasteiger partial charge in [-0.2, -0.15) is 0 Å². The van der Waals surface area contributed by atoms with Gasteiger partial charge in [-0.1, -0.05) is 6.92 Å². The van der Waals surface area contributed by atoms with Crippen molar-refractivity contribution in [1.82, 2.24) is 10.2 Å². The normalized spacial score (nSPS) is 20.7. The average Bonchev–Trinajstić information content (AvgIpc) is 3.09. The van der Waals surface area contributed by atoms with Crippen LogP contribution in [0.5, 0.6) is 0 Å². The van der Waals surface area contributed by atoms with Crippen molar-refractivity contribution in [3.8, 4) is 0 Å². The molecule has 2 atom stereocenters. The highest BCUT2D eigenvalue weighted by Crippen LogP contribution is 2.23. The summed E-state index contributed by atoms with van der Waals surface area (Å²) in [7, 11) is 1.67. The molecule has 2 N–H and O–H groups in total. The average molecular weight is 258 g/mol. The lowest BCUT2D eigenvalue weighted by molar-refractivity contribution is -0.145. The molecule has 5 nitrogen and oxygen atoms in total. The number of rotatable bonds is 9. The Kier molecular flexibility index (Phi) is 5.56. The van der Waals surface area contributed by atoms with Crippen molar-refractivity contribution in [2.75, 3.05) is 26.8 Å². The highest BCUT2D eigenvalue weighted by Gasteiger charge is 2.40. The van der Waals surface area contributed by atoms with E-state index in [-0.39, 0.29) is 6.04 Å². The number of carboxylic acid groups (broad SMARTS) is 1. The zero-order chi connectivity index (χ0) is 13.8. The first-order valence-electron chi connectivity index (χ1n) is 6.67. The molecular formula is C13H26N2O3. The topological polar surface area (TPSA) is 61.8 Å². The van der Waals surface area contributed by atoms with E-state index in [1.807, 2.05) is 6.92 Å². The van der Waals surface area contributed by atoms with E-state index < -0.39 is 11.5 Å². The van der Waals surface area contributed by atoms with Crippen LogP contribution in [0.1, 0.15) is 33.6 Å². The second-order valence-electron chi connectivity index (χ2n) is 5.42. The van der Waals surface area contributed by atoms with Gasteiger partial charge in [0.05, 0.1) is 6.61 Å². The van der Waals surface area contributed by atoms with Crippen LogP contribution in [0.4, 0.5) is 0 Å². The van der Waals surface area contributed by atoms with E-state index in [4.69, 9.17) is 4.74 Å². The Bertz CT molecular complexity index is 281. The summed E-state index contributed by atoms with van der Waals surface area (Å²) in [5.41, 5.74) is -0.876. The summed E-state index contributed by atoms with van der Waals surface area (Å²) < 4.78 is 5.15. The van der Waals surface area contributed by atoms with Crippen LogP contribution in [0.2, 0.25) is 0 Å². The number of methoxy groups -OCH3 is 1. The molecule has 0 heterocycles. The zero-order valence-electron chi connectivity index (χ0n) is 11.9. The highest BCUT2D eigenvalue weighted by atomic mass is 16.5. The molecule has 0 radical (unpaired) electrons. The summed E-state index contributed by atoms with van der Waals surface area (Å²) in [4.78, 5) is 13.6. The van der Waals surface area contributed by atoms with Gasteiger partial charge in [0.25, 0.3) is 0 Å². The molecule has 0 aliphatic heterocycles. The molecule has 5 heteroatoms. The van der Waals surface area contributed by atoms with Crippen molar-refractivity contribution in [2.45, 2.75) is 51.2 Å². The van der Waals surface area contributed by atoms with Crippen LogP contribution in [0.15, 0.2) is 0 Å². The van der Waals surface area contributed by atoms with Crippen LogP contribution < -0.4 is 5.32 Å². The number of carbonyl (C=O) groups is 1. The van der Waals surface area contributed by atoms with E-state index in [1.54, 1.807) is 14.0 Å². The molecule has 0 saturated heterocycles. The minimum atomic E-state index is -0.876. The third kappa shape index (κ3) is 4.23. The van der Waals surface area contributed by atoms with Gasteiger partial charge in [-0.15, -0.1) is 0 Å². The number of nitrogens with zero attached hydrogens (tertiary/aromatic N) is 1. The van der Waals surface area contributed by atoms with Crippen LogP contribution in [0, 0.1) is 0 Å². The van der Waals surface area contributed by atoms with Crippen molar-refractivity contribution in [2.24, 2.45) is 0 Å². The number of aliphatic carboxylic acids is 1. The van der Waals surface area contributed by atoms with Gasteiger partial charge < -0.3 is 9.84 Å². The van der Waals surface area contributed by atoms with Crippen LogP contribution >= 0.6 is 0 Å². The van der Waals surface area contributed by atoms with Gasteiger partial charge in [0.2, 0.25) is 0 Å². The standard InChI is InChI=1S/C13H26N2O3/c1-5-15(10(2)8-18-4)9-13(3,12(16)17)14-11-6-7-11/h10-11,14H,5-9H2,1-4H3,(H,16,17). The van der Waals surface area contributed by atoms with Gasteiger partial charge in [0, 0.05) is 25.7 Å². The fraction of sp³-hybridized carbons (Fsp3) is 0.923. The molecule has 1 fully saturated rings. The summed E-state index contributed by atoms with van der Waals surface area (Å²) in [6, 6.07) is 0.599. The van der Waals surface area contributed by atoms with Gasteiger partial charge in [0.1, 0.15) is 5.54 Å². The maximum absolute atomic E-state index is 11.5. The lowest BCUT2D eigenvalue weighted by Crippen LogP contribution is -2.59. The molecule has 0 amide bonds. The van der Waals surface area contributed by atoms with Crippen LogP contribution in [0.25, 0.3) is 0 Å². The Balaban J connectivity index is 2.64. The first kappa shape index (κ1) is 15.4. The van der Waals surface area contributed by atoms with E-state index in [0.717, 1.165) is 19.4 Å². The molecule has 0 aromatic carbocycles. The Morgan fingerprint density at radius 3 is 2.61 bits per heavy atom. The molecule has 106 valence electrons. The number of carboxylic acids is 1. The zero-order valence-corrected chi connectivity index (χ0v) is 11.9. The van der Waals surface area contributed by atoms with Gasteiger partial charge in [0.15, 0.2) is 0 Å². The molecule has 1 rings (SSSR count). The predicted molar refractivity (Wildman–Crippen MR) is 70.8 cm³/mol. The van der Waals surface area contributed by atoms with Gasteiger partial charge >= 0.3 is 5.97 Å². The van der Waals surface area contributed by atoms with Crippen LogP contribution in [-0.2, 0) is 9.53 Å². The van der Waals surface area contributed by atoms with E-state index in [2.05, 4.69) is 17.1 Å². The first-order chi connectivity index (χ1) is 8.42. The van der Waals surface area contributed by atoms with Crippen molar-refractivity contribution in [1.29, 1.82) is 0 Å². The SMILES string of the molecule is CCN(CC(C)(NC1CC1)C(=O)O)C(C)COC. The monoisotopic (exact) mass is 258 g/mol. The Morgan fingerprint density at radius 1 is 1.61 bits per heavy atom. The minimum absolute atomic E-state index is 0.222. The summed E-state index contributed by atoms with van der Waals surface area (Å²) in [5.74, 6) is -0.780. The lowest BCUT2D eigenvalue weighted by Gasteiger charge is -2.36. The second kappa shape index (κ2) is 6.50. The maximum atomic E-state index is 11.5. The van der Waals surface area contributed by atoms with Crippen molar-refractivity contribution in [3.63, 3.8) is 0 Å².